The van der Waals surface area contributed by atoms with Gasteiger partial charge in [0.25, 0.3) is 5.91 Å². The summed E-state index contributed by atoms with van der Waals surface area (Å²) in [4.78, 5) is 12.5. The van der Waals surface area contributed by atoms with Gasteiger partial charge in [0.05, 0.1) is 23.6 Å². The van der Waals surface area contributed by atoms with Crippen molar-refractivity contribution in [2.75, 3.05) is 6.61 Å². The molecule has 0 radical (unpaired) electrons. The fourth-order valence-corrected chi connectivity index (χ4v) is 3.34. The summed E-state index contributed by atoms with van der Waals surface area (Å²) in [5, 5.41) is 7.57. The first kappa shape index (κ1) is 21.3. The molecule has 1 amide bonds. The fraction of sp³-hybridized carbons (Fsp3) is 0.154. The summed E-state index contributed by atoms with van der Waals surface area (Å²) in [6.45, 7) is 2.94. The van der Waals surface area contributed by atoms with Crippen molar-refractivity contribution in [1.29, 1.82) is 0 Å². The van der Waals surface area contributed by atoms with E-state index in [4.69, 9.17) is 9.84 Å². The van der Waals surface area contributed by atoms with E-state index in [9.17, 15) is 9.18 Å². The molecular weight excluding hydrogens is 405 g/mol. The van der Waals surface area contributed by atoms with E-state index in [1.807, 2.05) is 60.8 Å². The monoisotopic (exact) mass is 429 g/mol. The van der Waals surface area contributed by atoms with Crippen LogP contribution in [-0.2, 0) is 6.54 Å². The van der Waals surface area contributed by atoms with Gasteiger partial charge in [-0.05, 0) is 55.0 Å². The van der Waals surface area contributed by atoms with Gasteiger partial charge < -0.3 is 10.1 Å². The highest BCUT2D eigenvalue weighted by molar-refractivity contribution is 5.94. The molecule has 1 aromatic heterocycles. The van der Waals surface area contributed by atoms with Crippen molar-refractivity contribution in [3.05, 3.63) is 102 Å². The summed E-state index contributed by atoms with van der Waals surface area (Å²) in [5.74, 6) is -0.217. The molecule has 0 atom stereocenters. The number of aromatic nitrogens is 2. The van der Waals surface area contributed by atoms with Gasteiger partial charge in [-0.2, -0.15) is 5.10 Å². The zero-order valence-corrected chi connectivity index (χ0v) is 17.8. The number of ether oxygens (including phenoxy) is 1. The molecule has 0 fully saturated rings. The Kier molecular flexibility index (Phi) is 6.60. The maximum absolute atomic E-state index is 14.0. The Morgan fingerprint density at radius 1 is 1.00 bits per heavy atom. The molecule has 0 aliphatic carbocycles. The second kappa shape index (κ2) is 9.92. The van der Waals surface area contributed by atoms with Gasteiger partial charge in [0.1, 0.15) is 11.6 Å². The standard InChI is InChI=1S/C26H24FN3O2/c1-2-16-32-22-14-12-19(13-15-22)25-20(18-30(29-25)21-8-4-3-5-9-21)17-28-26(31)23-10-6-7-11-24(23)27/h3-15,18H,2,16-17H2,1H3,(H,28,31). The molecule has 1 N–H and O–H groups in total. The summed E-state index contributed by atoms with van der Waals surface area (Å²) < 4.78 is 21.4. The SMILES string of the molecule is CCCOc1ccc(-c2nn(-c3ccccc3)cc2CNC(=O)c2ccccc2F)cc1. The summed E-state index contributed by atoms with van der Waals surface area (Å²) in [5.41, 5.74) is 3.38. The average molecular weight is 429 g/mol. The summed E-state index contributed by atoms with van der Waals surface area (Å²) in [6.07, 6.45) is 2.82. The second-order valence-electron chi connectivity index (χ2n) is 7.32. The van der Waals surface area contributed by atoms with E-state index in [0.717, 1.165) is 34.7 Å². The Morgan fingerprint density at radius 3 is 2.44 bits per heavy atom. The van der Waals surface area contributed by atoms with Crippen LogP contribution >= 0.6 is 0 Å². The lowest BCUT2D eigenvalue weighted by atomic mass is 10.1. The summed E-state index contributed by atoms with van der Waals surface area (Å²) in [7, 11) is 0. The molecule has 0 unspecified atom stereocenters. The number of amides is 1. The van der Waals surface area contributed by atoms with Crippen molar-refractivity contribution in [2.24, 2.45) is 0 Å². The van der Waals surface area contributed by atoms with Gasteiger partial charge in [-0.1, -0.05) is 37.3 Å². The number of hydrogen-bond acceptors (Lipinski definition) is 3. The van der Waals surface area contributed by atoms with Crippen LogP contribution in [0.3, 0.4) is 0 Å². The number of benzene rings is 3. The first-order valence-electron chi connectivity index (χ1n) is 10.6. The normalized spacial score (nSPS) is 10.7. The molecule has 0 aliphatic rings. The maximum Gasteiger partial charge on any atom is 0.254 e. The van der Waals surface area contributed by atoms with Crippen molar-refractivity contribution >= 4 is 5.91 Å². The maximum atomic E-state index is 14.0. The second-order valence-corrected chi connectivity index (χ2v) is 7.32. The highest BCUT2D eigenvalue weighted by Crippen LogP contribution is 2.26. The van der Waals surface area contributed by atoms with Gasteiger partial charge in [-0.15, -0.1) is 0 Å². The van der Waals surface area contributed by atoms with E-state index in [-0.39, 0.29) is 12.1 Å². The van der Waals surface area contributed by atoms with Crippen LogP contribution in [0.15, 0.2) is 85.1 Å². The lowest BCUT2D eigenvalue weighted by molar-refractivity contribution is 0.0947. The summed E-state index contributed by atoms with van der Waals surface area (Å²) >= 11 is 0. The molecule has 0 saturated carbocycles. The van der Waals surface area contributed by atoms with Crippen LogP contribution < -0.4 is 10.1 Å². The molecule has 0 spiro atoms. The molecule has 1 heterocycles. The van der Waals surface area contributed by atoms with E-state index in [2.05, 4.69) is 12.2 Å². The zero-order chi connectivity index (χ0) is 22.3. The van der Waals surface area contributed by atoms with Crippen LogP contribution in [0, 0.1) is 5.82 Å². The van der Waals surface area contributed by atoms with Gasteiger partial charge in [0, 0.05) is 23.9 Å². The van der Waals surface area contributed by atoms with Crippen LogP contribution in [0.2, 0.25) is 0 Å². The minimum Gasteiger partial charge on any atom is -0.494 e. The third kappa shape index (κ3) is 4.86. The van der Waals surface area contributed by atoms with Gasteiger partial charge in [-0.3, -0.25) is 4.79 Å². The Morgan fingerprint density at radius 2 is 1.72 bits per heavy atom. The van der Waals surface area contributed by atoms with Gasteiger partial charge in [0.15, 0.2) is 0 Å². The Labute approximate surface area is 186 Å². The average Bonchev–Trinajstić information content (AvgIpc) is 3.27. The minimum atomic E-state index is -0.548. The summed E-state index contributed by atoms with van der Waals surface area (Å²) in [6, 6.07) is 23.4. The number of rotatable bonds is 8. The lowest BCUT2D eigenvalue weighted by Gasteiger charge is -2.08. The minimum absolute atomic E-state index is 0.0157. The number of nitrogens with one attached hydrogen (secondary N) is 1. The Hall–Kier alpha value is -3.93. The Bertz CT molecular complexity index is 1190. The molecule has 0 bridgehead atoms. The van der Waals surface area contributed by atoms with Crippen LogP contribution in [0.25, 0.3) is 16.9 Å². The molecule has 0 saturated heterocycles. The molecule has 6 heteroatoms. The predicted octanol–water partition coefficient (Wildman–Crippen LogP) is 5.40. The van der Waals surface area contributed by atoms with E-state index in [1.54, 1.807) is 16.8 Å². The van der Waals surface area contributed by atoms with Crippen LogP contribution in [-0.4, -0.2) is 22.3 Å². The molecular formula is C26H24FN3O2. The highest BCUT2D eigenvalue weighted by Gasteiger charge is 2.15. The van der Waals surface area contributed by atoms with Crippen LogP contribution in [0.4, 0.5) is 4.39 Å². The van der Waals surface area contributed by atoms with Gasteiger partial charge in [-0.25, -0.2) is 9.07 Å². The van der Waals surface area contributed by atoms with Crippen LogP contribution in [0.1, 0.15) is 29.3 Å². The third-order valence-corrected chi connectivity index (χ3v) is 4.97. The lowest BCUT2D eigenvalue weighted by Crippen LogP contribution is -2.23. The van der Waals surface area contributed by atoms with Gasteiger partial charge in [0.2, 0.25) is 0 Å². The Balaban J connectivity index is 1.62. The highest BCUT2D eigenvalue weighted by atomic mass is 19.1. The van der Waals surface area contributed by atoms with Crippen molar-refractivity contribution in [2.45, 2.75) is 19.9 Å². The number of hydrogen-bond donors (Lipinski definition) is 1. The smallest absolute Gasteiger partial charge is 0.254 e. The number of halogens is 1. The fourth-order valence-electron chi connectivity index (χ4n) is 3.34. The van der Waals surface area contributed by atoms with Gasteiger partial charge >= 0.3 is 0 Å². The van der Waals surface area contributed by atoms with Crippen LogP contribution in [0.5, 0.6) is 5.75 Å². The molecule has 3 aromatic carbocycles. The molecule has 4 aromatic rings. The molecule has 162 valence electrons. The quantitative estimate of drug-likeness (QED) is 0.408. The van der Waals surface area contributed by atoms with Crippen molar-refractivity contribution in [3.63, 3.8) is 0 Å². The topological polar surface area (TPSA) is 56.1 Å². The molecule has 4 rings (SSSR count). The predicted molar refractivity (Wildman–Crippen MR) is 122 cm³/mol. The van der Waals surface area contributed by atoms with E-state index in [1.165, 1.54) is 12.1 Å². The van der Waals surface area contributed by atoms with E-state index in [0.29, 0.717) is 6.61 Å². The zero-order valence-electron chi connectivity index (χ0n) is 17.8. The van der Waals surface area contributed by atoms with E-state index < -0.39 is 11.7 Å². The van der Waals surface area contributed by atoms with E-state index >= 15 is 0 Å². The van der Waals surface area contributed by atoms with Crippen molar-refractivity contribution in [1.82, 2.24) is 15.1 Å². The number of carbonyl (C=O) groups excluding carboxylic acids is 1. The first-order chi connectivity index (χ1) is 15.7. The molecule has 32 heavy (non-hydrogen) atoms. The first-order valence-corrected chi connectivity index (χ1v) is 10.6. The van der Waals surface area contributed by atoms with Crippen molar-refractivity contribution < 1.29 is 13.9 Å². The number of nitrogens with zero attached hydrogens (tertiary/aromatic N) is 2. The van der Waals surface area contributed by atoms with Crippen molar-refractivity contribution in [3.8, 4) is 22.7 Å². The number of carbonyl (C=O) groups is 1. The largest absolute Gasteiger partial charge is 0.494 e. The molecule has 5 nitrogen and oxygen atoms in total. The third-order valence-electron chi connectivity index (χ3n) is 4.97. The molecule has 0 aliphatic heterocycles. The number of para-hydroxylation sites is 1.